The van der Waals surface area contributed by atoms with Crippen LogP contribution in [0.5, 0.6) is 0 Å². The van der Waals surface area contributed by atoms with Crippen LogP contribution in [0.1, 0.15) is 21.5 Å². The van der Waals surface area contributed by atoms with Gasteiger partial charge in [-0.05, 0) is 35.9 Å². The molecule has 0 bridgehead atoms. The van der Waals surface area contributed by atoms with Crippen LogP contribution in [0.25, 0.3) is 22.3 Å². The van der Waals surface area contributed by atoms with Crippen LogP contribution in [0, 0.1) is 0 Å². The molecule has 0 saturated carbocycles. The van der Waals surface area contributed by atoms with Crippen molar-refractivity contribution < 1.29 is 18.0 Å². The fraction of sp³-hybridized carbons (Fsp3) is 0.0909. The zero-order valence-electron chi connectivity index (χ0n) is 15.2. The van der Waals surface area contributed by atoms with E-state index in [0.29, 0.717) is 22.0 Å². The van der Waals surface area contributed by atoms with Gasteiger partial charge in [0, 0.05) is 17.8 Å². The molecule has 0 radical (unpaired) electrons. The minimum Gasteiger partial charge on any atom is -0.334 e. The van der Waals surface area contributed by atoms with Crippen molar-refractivity contribution in [3.63, 3.8) is 0 Å². The molecule has 2 aromatic carbocycles. The number of nitrogens with zero attached hydrogens (tertiary/aromatic N) is 2. The monoisotopic (exact) mass is 428 g/mol. The first kappa shape index (κ1) is 18.7. The molecule has 0 spiro atoms. The SMILES string of the molecule is O=C1c2c(n(Cc3ccccc3Cl)c3cccc(C(F)(F)F)c3c2=O)-c2cccn21. The topological polar surface area (TPSA) is 44.0 Å². The summed E-state index contributed by atoms with van der Waals surface area (Å²) in [6.07, 6.45) is -3.25. The van der Waals surface area contributed by atoms with Crippen LogP contribution in [-0.2, 0) is 12.7 Å². The van der Waals surface area contributed by atoms with Crippen molar-refractivity contribution in [1.82, 2.24) is 9.13 Å². The number of carbonyl (C=O) groups is 1. The van der Waals surface area contributed by atoms with E-state index in [1.807, 2.05) is 0 Å². The quantitative estimate of drug-likeness (QED) is 0.388. The maximum absolute atomic E-state index is 13.7. The predicted molar refractivity (Wildman–Crippen MR) is 107 cm³/mol. The summed E-state index contributed by atoms with van der Waals surface area (Å²) in [7, 11) is 0. The molecule has 4 nitrogen and oxygen atoms in total. The molecule has 8 heteroatoms. The van der Waals surface area contributed by atoms with Gasteiger partial charge in [0.25, 0.3) is 5.91 Å². The highest BCUT2D eigenvalue weighted by Gasteiger charge is 2.38. The number of benzene rings is 2. The predicted octanol–water partition coefficient (Wildman–Crippen LogP) is 5.19. The first-order valence-electron chi connectivity index (χ1n) is 9.01. The molecule has 0 unspecified atom stereocenters. The number of pyridine rings is 1. The number of halogens is 4. The number of rotatable bonds is 2. The Labute approximate surface area is 172 Å². The van der Waals surface area contributed by atoms with Gasteiger partial charge in [-0.3, -0.25) is 14.2 Å². The molecule has 0 atom stereocenters. The van der Waals surface area contributed by atoms with Crippen molar-refractivity contribution in [3.05, 3.63) is 92.7 Å². The van der Waals surface area contributed by atoms with E-state index in [4.69, 9.17) is 11.6 Å². The molecular weight excluding hydrogens is 417 g/mol. The summed E-state index contributed by atoms with van der Waals surface area (Å²) in [5, 5.41) is -0.0836. The minimum atomic E-state index is -4.74. The van der Waals surface area contributed by atoms with Gasteiger partial charge >= 0.3 is 6.18 Å². The molecule has 0 N–H and O–H groups in total. The number of aromatic nitrogens is 2. The number of fused-ring (bicyclic) bond motifs is 4. The maximum Gasteiger partial charge on any atom is 0.417 e. The highest BCUT2D eigenvalue weighted by molar-refractivity contribution is 6.31. The van der Waals surface area contributed by atoms with Crippen LogP contribution in [0.2, 0.25) is 5.02 Å². The van der Waals surface area contributed by atoms with Gasteiger partial charge in [-0.2, -0.15) is 13.2 Å². The molecule has 2 aromatic heterocycles. The van der Waals surface area contributed by atoms with Crippen molar-refractivity contribution in [2.75, 3.05) is 0 Å². The second-order valence-corrected chi connectivity index (χ2v) is 7.40. The summed E-state index contributed by atoms with van der Waals surface area (Å²) in [6, 6.07) is 13.8. The summed E-state index contributed by atoms with van der Waals surface area (Å²) in [6.45, 7) is 0.0958. The van der Waals surface area contributed by atoms with Gasteiger partial charge < -0.3 is 4.57 Å². The van der Waals surface area contributed by atoms with Crippen molar-refractivity contribution in [3.8, 4) is 11.4 Å². The summed E-state index contributed by atoms with van der Waals surface area (Å²) in [5.41, 5.74) is -0.749. The van der Waals surface area contributed by atoms with E-state index in [-0.39, 0.29) is 17.6 Å². The molecule has 150 valence electrons. The average molecular weight is 429 g/mol. The Morgan fingerprint density at radius 1 is 0.933 bits per heavy atom. The van der Waals surface area contributed by atoms with Crippen LogP contribution in [0.15, 0.2) is 65.6 Å². The van der Waals surface area contributed by atoms with E-state index in [0.717, 1.165) is 6.07 Å². The number of hydrogen-bond acceptors (Lipinski definition) is 2. The normalized spacial score (nSPS) is 13.0. The Bertz CT molecular complexity index is 1420. The van der Waals surface area contributed by atoms with E-state index in [1.54, 1.807) is 41.0 Å². The number of alkyl halides is 3. The Kier molecular flexibility index (Phi) is 3.95. The third kappa shape index (κ3) is 2.55. The average Bonchev–Trinajstić information content (AvgIpc) is 3.28. The molecular formula is C22H12ClF3N2O2. The van der Waals surface area contributed by atoms with E-state index in [9.17, 15) is 22.8 Å². The van der Waals surface area contributed by atoms with Gasteiger partial charge in [-0.25, -0.2) is 0 Å². The third-order valence-electron chi connectivity index (χ3n) is 5.31. The standard InChI is InChI=1S/C22H12ClF3N2O2/c23-14-7-2-1-5-12(14)11-28-15-8-3-6-13(22(24,25)26)17(15)20(29)18-19(28)16-9-4-10-27(16)21(18)30/h1-10H,11H2. The molecule has 30 heavy (non-hydrogen) atoms. The van der Waals surface area contributed by atoms with E-state index in [1.165, 1.54) is 22.9 Å². The lowest BCUT2D eigenvalue weighted by Gasteiger charge is -2.19. The molecule has 0 saturated heterocycles. The Balaban J connectivity index is 1.94. The maximum atomic E-state index is 13.7. The smallest absolute Gasteiger partial charge is 0.334 e. The molecule has 3 heterocycles. The van der Waals surface area contributed by atoms with Crippen LogP contribution in [-0.4, -0.2) is 15.0 Å². The Morgan fingerprint density at radius 3 is 2.43 bits per heavy atom. The van der Waals surface area contributed by atoms with Gasteiger partial charge in [0.1, 0.15) is 5.56 Å². The molecule has 5 rings (SSSR count). The lowest BCUT2D eigenvalue weighted by Crippen LogP contribution is -2.23. The molecule has 1 aliphatic rings. The van der Waals surface area contributed by atoms with Crippen molar-refractivity contribution in [2.45, 2.75) is 12.7 Å². The summed E-state index contributed by atoms with van der Waals surface area (Å²) >= 11 is 6.29. The van der Waals surface area contributed by atoms with Crippen LogP contribution in [0.4, 0.5) is 13.2 Å². The van der Waals surface area contributed by atoms with E-state index in [2.05, 4.69) is 0 Å². The molecule has 4 aromatic rings. The largest absolute Gasteiger partial charge is 0.417 e. The Hall–Kier alpha value is -3.32. The molecule has 1 aliphatic heterocycles. The zero-order valence-corrected chi connectivity index (χ0v) is 16.0. The van der Waals surface area contributed by atoms with Crippen molar-refractivity contribution >= 4 is 28.4 Å². The van der Waals surface area contributed by atoms with E-state index < -0.39 is 28.5 Å². The second kappa shape index (κ2) is 6.34. The third-order valence-corrected chi connectivity index (χ3v) is 5.68. The van der Waals surface area contributed by atoms with Crippen LogP contribution in [0.3, 0.4) is 0 Å². The summed E-state index contributed by atoms with van der Waals surface area (Å²) in [5.74, 6) is -0.637. The summed E-state index contributed by atoms with van der Waals surface area (Å²) < 4.78 is 44.0. The van der Waals surface area contributed by atoms with E-state index >= 15 is 0 Å². The van der Waals surface area contributed by atoms with Crippen molar-refractivity contribution in [1.29, 1.82) is 0 Å². The first-order valence-corrected chi connectivity index (χ1v) is 9.39. The number of hydrogen-bond donors (Lipinski definition) is 0. The second-order valence-electron chi connectivity index (χ2n) is 7.00. The fourth-order valence-electron chi connectivity index (χ4n) is 4.03. The lowest BCUT2D eigenvalue weighted by atomic mass is 10.0. The molecule has 0 fully saturated rings. The van der Waals surface area contributed by atoms with Crippen LogP contribution < -0.4 is 5.43 Å². The lowest BCUT2D eigenvalue weighted by molar-refractivity contribution is -0.136. The number of carbonyl (C=O) groups excluding carboxylic acids is 1. The van der Waals surface area contributed by atoms with Gasteiger partial charge in [0.15, 0.2) is 0 Å². The molecule has 0 aliphatic carbocycles. The van der Waals surface area contributed by atoms with Crippen LogP contribution >= 0.6 is 11.6 Å². The van der Waals surface area contributed by atoms with Gasteiger partial charge in [-0.15, -0.1) is 0 Å². The highest BCUT2D eigenvalue weighted by atomic mass is 35.5. The fourth-order valence-corrected chi connectivity index (χ4v) is 4.22. The summed E-state index contributed by atoms with van der Waals surface area (Å²) in [4.78, 5) is 26.1. The van der Waals surface area contributed by atoms with Crippen molar-refractivity contribution in [2.24, 2.45) is 0 Å². The van der Waals surface area contributed by atoms with Gasteiger partial charge in [0.2, 0.25) is 5.43 Å². The first-order chi connectivity index (χ1) is 14.3. The van der Waals surface area contributed by atoms with Gasteiger partial charge in [-0.1, -0.05) is 35.9 Å². The highest BCUT2D eigenvalue weighted by Crippen LogP contribution is 2.38. The Morgan fingerprint density at radius 2 is 1.70 bits per heavy atom. The zero-order chi connectivity index (χ0) is 21.2. The molecule has 0 amide bonds. The minimum absolute atomic E-state index is 0.0935. The van der Waals surface area contributed by atoms with Gasteiger partial charge in [0.05, 0.1) is 27.9 Å².